The quantitative estimate of drug-likeness (QED) is 0.781. The Kier molecular flexibility index (Phi) is 5.76. The van der Waals surface area contributed by atoms with Gasteiger partial charge in [-0.3, -0.25) is 9.69 Å². The number of aryl methyl sites for hydroxylation is 1. The van der Waals surface area contributed by atoms with Gasteiger partial charge in [-0.25, -0.2) is 0 Å². The smallest absolute Gasteiger partial charge is 0.234 e. The van der Waals surface area contributed by atoms with Crippen molar-refractivity contribution in [3.8, 4) is 5.75 Å². The van der Waals surface area contributed by atoms with Crippen molar-refractivity contribution in [3.63, 3.8) is 0 Å². The summed E-state index contributed by atoms with van der Waals surface area (Å²) in [6.45, 7) is 3.34. The van der Waals surface area contributed by atoms with Crippen LogP contribution in [0.2, 0.25) is 0 Å². The second kappa shape index (κ2) is 8.02. The monoisotopic (exact) mass is 358 g/mol. The molecule has 3 rings (SSSR count). The van der Waals surface area contributed by atoms with Crippen LogP contribution in [-0.4, -0.2) is 31.5 Å². The molecule has 1 atom stereocenters. The summed E-state index contributed by atoms with van der Waals surface area (Å²) in [5.74, 6) is 1.49. The van der Waals surface area contributed by atoms with Crippen molar-refractivity contribution in [1.82, 2.24) is 10.2 Å². The molecule has 1 aromatic carbocycles. The fourth-order valence-corrected chi connectivity index (χ4v) is 4.03. The molecule has 0 radical (unpaired) electrons. The fourth-order valence-electron chi connectivity index (χ4n) is 3.05. The zero-order valence-electron chi connectivity index (χ0n) is 15.1. The number of methoxy groups -OCH3 is 1. The summed E-state index contributed by atoms with van der Waals surface area (Å²) < 4.78 is 5.23. The summed E-state index contributed by atoms with van der Waals surface area (Å²) in [6, 6.07) is 10.3. The zero-order valence-corrected chi connectivity index (χ0v) is 15.9. The van der Waals surface area contributed by atoms with Crippen LogP contribution in [0.25, 0.3) is 0 Å². The molecule has 1 unspecified atom stereocenters. The van der Waals surface area contributed by atoms with E-state index in [0.717, 1.165) is 17.9 Å². The summed E-state index contributed by atoms with van der Waals surface area (Å²) in [5.41, 5.74) is 2.46. The van der Waals surface area contributed by atoms with E-state index >= 15 is 0 Å². The van der Waals surface area contributed by atoms with Crippen LogP contribution in [0, 0.1) is 12.8 Å². The first-order valence-electron chi connectivity index (χ1n) is 8.71. The molecule has 2 aromatic rings. The van der Waals surface area contributed by atoms with Gasteiger partial charge in [0.05, 0.1) is 19.7 Å². The number of hydrogen-bond donors (Lipinski definition) is 1. The van der Waals surface area contributed by atoms with Crippen LogP contribution >= 0.6 is 11.3 Å². The minimum absolute atomic E-state index is 0.0874. The van der Waals surface area contributed by atoms with E-state index in [4.69, 9.17) is 4.74 Å². The molecule has 1 N–H and O–H groups in total. The highest BCUT2D eigenvalue weighted by molar-refractivity contribution is 7.10. The molecule has 1 aliphatic carbocycles. The first-order chi connectivity index (χ1) is 12.1. The lowest BCUT2D eigenvalue weighted by molar-refractivity contribution is -0.123. The third-order valence-corrected chi connectivity index (χ3v) is 5.69. The Bertz CT molecular complexity index is 707. The maximum atomic E-state index is 12.5. The Hall–Kier alpha value is -1.85. The van der Waals surface area contributed by atoms with Crippen LogP contribution in [-0.2, 0) is 11.3 Å². The number of nitrogens with one attached hydrogen (secondary N) is 1. The van der Waals surface area contributed by atoms with Crippen LogP contribution in [0.3, 0.4) is 0 Å². The molecular weight excluding hydrogens is 332 g/mol. The average molecular weight is 359 g/mol. The van der Waals surface area contributed by atoms with Gasteiger partial charge in [-0.2, -0.15) is 0 Å². The largest absolute Gasteiger partial charge is 0.497 e. The Morgan fingerprint density at radius 3 is 2.60 bits per heavy atom. The lowest BCUT2D eigenvalue weighted by Gasteiger charge is -2.22. The number of carbonyl (C=O) groups excluding carboxylic acids is 1. The topological polar surface area (TPSA) is 41.6 Å². The third kappa shape index (κ3) is 4.83. The molecule has 1 heterocycles. The molecule has 1 saturated carbocycles. The van der Waals surface area contributed by atoms with Gasteiger partial charge >= 0.3 is 0 Å². The van der Waals surface area contributed by atoms with E-state index in [9.17, 15) is 4.79 Å². The molecule has 0 bridgehead atoms. The molecule has 134 valence electrons. The van der Waals surface area contributed by atoms with Crippen molar-refractivity contribution in [3.05, 3.63) is 51.7 Å². The first kappa shape index (κ1) is 18.0. The van der Waals surface area contributed by atoms with Crippen LogP contribution < -0.4 is 10.1 Å². The highest BCUT2D eigenvalue weighted by Gasteiger charge is 2.33. The van der Waals surface area contributed by atoms with E-state index in [-0.39, 0.29) is 11.9 Å². The summed E-state index contributed by atoms with van der Waals surface area (Å²) in [4.78, 5) is 15.9. The molecule has 1 fully saturated rings. The van der Waals surface area contributed by atoms with Crippen molar-refractivity contribution < 1.29 is 9.53 Å². The molecule has 0 spiro atoms. The highest BCUT2D eigenvalue weighted by atomic mass is 32.1. The van der Waals surface area contributed by atoms with Gasteiger partial charge in [0, 0.05) is 11.4 Å². The van der Waals surface area contributed by atoms with Crippen molar-refractivity contribution in [2.24, 2.45) is 5.92 Å². The predicted molar refractivity (Wildman–Crippen MR) is 102 cm³/mol. The highest BCUT2D eigenvalue weighted by Crippen LogP contribution is 2.41. The summed E-state index contributed by atoms with van der Waals surface area (Å²) in [7, 11) is 3.67. The second-order valence-corrected chi connectivity index (χ2v) is 7.86. The first-order valence-corrected chi connectivity index (χ1v) is 9.59. The van der Waals surface area contributed by atoms with Crippen LogP contribution in [0.4, 0.5) is 0 Å². The number of carbonyl (C=O) groups is 1. The number of ether oxygens (including phenoxy) is 1. The Labute approximate surface area is 153 Å². The molecule has 1 amide bonds. The number of benzene rings is 1. The molecule has 4 nitrogen and oxygen atoms in total. The average Bonchev–Trinajstić information content (AvgIpc) is 3.37. The standard InChI is InChI=1S/C20H26N2O2S/c1-14-10-11-25-18(14)12-22(2)13-19(23)21-20(15-4-5-15)16-6-8-17(24-3)9-7-16/h6-11,15,20H,4-5,12-13H2,1-3H3,(H,21,23). The van der Waals surface area contributed by atoms with Gasteiger partial charge in [-0.05, 0) is 67.4 Å². The van der Waals surface area contributed by atoms with Crippen LogP contribution in [0.5, 0.6) is 5.75 Å². The number of thiophene rings is 1. The van der Waals surface area contributed by atoms with Gasteiger partial charge in [-0.15, -0.1) is 11.3 Å². The zero-order chi connectivity index (χ0) is 17.8. The van der Waals surface area contributed by atoms with Gasteiger partial charge in [0.25, 0.3) is 0 Å². The van der Waals surface area contributed by atoms with Gasteiger partial charge < -0.3 is 10.1 Å². The molecule has 0 saturated heterocycles. The molecule has 0 aliphatic heterocycles. The second-order valence-electron chi connectivity index (χ2n) is 6.85. The molecule has 1 aliphatic rings. The number of nitrogens with zero attached hydrogens (tertiary/aromatic N) is 1. The van der Waals surface area contributed by atoms with E-state index < -0.39 is 0 Å². The van der Waals surface area contributed by atoms with E-state index in [1.807, 2.05) is 19.2 Å². The Balaban J connectivity index is 1.58. The Morgan fingerprint density at radius 2 is 2.04 bits per heavy atom. The van der Waals surface area contributed by atoms with Crippen molar-refractivity contribution in [2.75, 3.05) is 20.7 Å². The SMILES string of the molecule is COc1ccc(C(NC(=O)CN(C)Cc2sccc2C)C2CC2)cc1. The maximum Gasteiger partial charge on any atom is 0.234 e. The van der Waals surface area contributed by atoms with E-state index in [2.05, 4.69) is 40.7 Å². The lowest BCUT2D eigenvalue weighted by Crippen LogP contribution is -2.37. The number of hydrogen-bond acceptors (Lipinski definition) is 4. The summed E-state index contributed by atoms with van der Waals surface area (Å²) in [6.07, 6.45) is 2.36. The summed E-state index contributed by atoms with van der Waals surface area (Å²) >= 11 is 1.75. The van der Waals surface area contributed by atoms with Crippen molar-refractivity contribution in [1.29, 1.82) is 0 Å². The number of amides is 1. The maximum absolute atomic E-state index is 12.5. The van der Waals surface area contributed by atoms with Gasteiger partial charge in [-0.1, -0.05) is 12.1 Å². The van der Waals surface area contributed by atoms with Gasteiger partial charge in [0.15, 0.2) is 0 Å². The molecule has 5 heteroatoms. The van der Waals surface area contributed by atoms with E-state index in [1.54, 1.807) is 18.4 Å². The molecular formula is C20H26N2O2S. The van der Waals surface area contributed by atoms with E-state index in [0.29, 0.717) is 12.5 Å². The van der Waals surface area contributed by atoms with E-state index in [1.165, 1.54) is 23.3 Å². The van der Waals surface area contributed by atoms with Gasteiger partial charge in [0.1, 0.15) is 5.75 Å². The normalized spacial score (nSPS) is 15.2. The minimum atomic E-state index is 0.0874. The third-order valence-electron chi connectivity index (χ3n) is 4.68. The van der Waals surface area contributed by atoms with Crippen LogP contribution in [0.1, 0.15) is 34.9 Å². The molecule has 25 heavy (non-hydrogen) atoms. The summed E-state index contributed by atoms with van der Waals surface area (Å²) in [5, 5.41) is 5.34. The van der Waals surface area contributed by atoms with Crippen molar-refractivity contribution >= 4 is 17.2 Å². The van der Waals surface area contributed by atoms with Crippen LogP contribution in [0.15, 0.2) is 35.7 Å². The lowest BCUT2D eigenvalue weighted by atomic mass is 10.0. The number of rotatable bonds is 8. The number of likely N-dealkylation sites (N-methyl/N-ethyl adjacent to an activating group) is 1. The molecule has 1 aromatic heterocycles. The predicted octanol–water partition coefficient (Wildman–Crippen LogP) is 3.76. The van der Waals surface area contributed by atoms with Gasteiger partial charge in [0.2, 0.25) is 5.91 Å². The Morgan fingerprint density at radius 1 is 1.32 bits per heavy atom. The minimum Gasteiger partial charge on any atom is -0.497 e. The fraction of sp³-hybridized carbons (Fsp3) is 0.450. The van der Waals surface area contributed by atoms with Crippen molar-refractivity contribution in [2.45, 2.75) is 32.4 Å².